The van der Waals surface area contributed by atoms with Crippen LogP contribution in [0.1, 0.15) is 36.8 Å². The molecule has 2 fully saturated rings. The van der Waals surface area contributed by atoms with Gasteiger partial charge in [0.15, 0.2) is 0 Å². The number of carbonyl (C=O) groups excluding carboxylic acids is 1. The smallest absolute Gasteiger partial charge is 0.406 e. The maximum Gasteiger partial charge on any atom is 0.573 e. The Bertz CT molecular complexity index is 1230. The molecule has 0 aliphatic carbocycles. The number of rotatable bonds is 6. The molecule has 3 aliphatic heterocycles. The number of nitrogens with one attached hydrogen (secondary N) is 1. The molecular formula is C29H32F5N3O3. The Hall–Kier alpha value is -3.18. The van der Waals surface area contributed by atoms with Crippen LogP contribution in [0.25, 0.3) is 6.08 Å². The van der Waals surface area contributed by atoms with Crippen LogP contribution in [0.15, 0.2) is 42.5 Å². The molecule has 3 heterocycles. The normalized spacial score (nSPS) is 20.5. The fourth-order valence-electron chi connectivity index (χ4n) is 6.15. The third-order valence-corrected chi connectivity index (χ3v) is 8.37. The van der Waals surface area contributed by atoms with Gasteiger partial charge in [0, 0.05) is 49.4 Å². The molecule has 40 heavy (non-hydrogen) atoms. The molecule has 3 aliphatic rings. The highest BCUT2D eigenvalue weighted by Crippen LogP contribution is 2.46. The second-order valence-electron chi connectivity index (χ2n) is 11.0. The summed E-state index contributed by atoms with van der Waals surface area (Å²) >= 11 is 0. The molecule has 216 valence electrons. The first-order chi connectivity index (χ1) is 19.0. The Morgan fingerprint density at radius 2 is 1.75 bits per heavy atom. The van der Waals surface area contributed by atoms with E-state index in [0.717, 1.165) is 42.3 Å². The van der Waals surface area contributed by atoms with Crippen molar-refractivity contribution in [2.75, 3.05) is 44.6 Å². The highest BCUT2D eigenvalue weighted by atomic mass is 19.4. The lowest BCUT2D eigenvalue weighted by atomic mass is 9.74. The summed E-state index contributed by atoms with van der Waals surface area (Å²) in [6.45, 7) is 3.55. The lowest BCUT2D eigenvalue weighted by Crippen LogP contribution is -2.48. The predicted molar refractivity (Wildman–Crippen MR) is 140 cm³/mol. The van der Waals surface area contributed by atoms with Crippen molar-refractivity contribution in [1.82, 2.24) is 9.80 Å². The molecule has 0 saturated carbocycles. The van der Waals surface area contributed by atoms with Gasteiger partial charge in [-0.05, 0) is 92.2 Å². The van der Waals surface area contributed by atoms with Crippen LogP contribution in [0.3, 0.4) is 0 Å². The minimum Gasteiger partial charge on any atom is -0.406 e. The largest absolute Gasteiger partial charge is 0.573 e. The highest BCUT2D eigenvalue weighted by Gasteiger charge is 2.43. The van der Waals surface area contributed by atoms with Crippen molar-refractivity contribution in [2.45, 2.75) is 43.6 Å². The molecule has 1 unspecified atom stereocenters. The molecule has 2 aromatic carbocycles. The van der Waals surface area contributed by atoms with Crippen LogP contribution in [-0.4, -0.2) is 72.5 Å². The van der Waals surface area contributed by atoms with E-state index in [-0.39, 0.29) is 28.6 Å². The van der Waals surface area contributed by atoms with Crippen LogP contribution in [0, 0.1) is 17.6 Å². The number of carbonyl (C=O) groups is 1. The molecule has 2 aromatic rings. The number of nitrogens with zero attached hydrogens (tertiary/aromatic N) is 2. The summed E-state index contributed by atoms with van der Waals surface area (Å²) in [6.07, 6.45) is 0.199. The van der Waals surface area contributed by atoms with Crippen molar-refractivity contribution >= 4 is 17.7 Å². The number of alkyl halides is 3. The second-order valence-corrected chi connectivity index (χ2v) is 11.0. The molecule has 1 atom stereocenters. The Balaban J connectivity index is 1.10. The number of halogens is 5. The quantitative estimate of drug-likeness (QED) is 0.384. The Kier molecular flexibility index (Phi) is 8.05. The minimum atomic E-state index is -4.74. The van der Waals surface area contributed by atoms with E-state index in [1.165, 1.54) is 24.3 Å². The summed E-state index contributed by atoms with van der Waals surface area (Å²) in [6, 6.07) is 7.53. The van der Waals surface area contributed by atoms with Crippen LogP contribution in [0.4, 0.5) is 27.6 Å². The van der Waals surface area contributed by atoms with Gasteiger partial charge in [-0.2, -0.15) is 0 Å². The summed E-state index contributed by atoms with van der Waals surface area (Å²) in [4.78, 5) is 16.4. The number of amides is 1. The minimum absolute atomic E-state index is 0.0391. The number of benzene rings is 2. The van der Waals surface area contributed by atoms with E-state index in [1.807, 2.05) is 0 Å². The van der Waals surface area contributed by atoms with Crippen LogP contribution < -0.4 is 10.1 Å². The van der Waals surface area contributed by atoms with Crippen LogP contribution in [-0.2, 0) is 10.2 Å². The zero-order valence-electron chi connectivity index (χ0n) is 21.9. The average molecular weight is 566 g/mol. The molecule has 1 amide bonds. The number of β-amino-alcohol motifs (C(OH)–C–C–N with tert-alkyl or cyclic N) is 1. The van der Waals surface area contributed by atoms with Gasteiger partial charge in [-0.25, -0.2) is 8.78 Å². The summed E-state index contributed by atoms with van der Waals surface area (Å²) in [5.41, 5.74) is 1.69. The molecule has 0 bridgehead atoms. The topological polar surface area (TPSA) is 65.0 Å². The van der Waals surface area contributed by atoms with Gasteiger partial charge in [0.25, 0.3) is 0 Å². The van der Waals surface area contributed by atoms with E-state index >= 15 is 0 Å². The number of anilines is 1. The fraction of sp³-hybridized carbons (Fsp3) is 0.483. The SMILES string of the molecule is O=C(/C=C/c1cc(F)cc(F)c1)N1CCC(C(O)CN2CCC3(CC2)CNc2ccc(OC(F)(F)F)cc23)CC1. The molecule has 0 radical (unpaired) electrons. The van der Waals surface area contributed by atoms with Crippen molar-refractivity contribution in [3.8, 4) is 5.75 Å². The van der Waals surface area contributed by atoms with Gasteiger partial charge in [-0.3, -0.25) is 4.79 Å². The van der Waals surface area contributed by atoms with Crippen LogP contribution >= 0.6 is 0 Å². The molecule has 2 saturated heterocycles. The van der Waals surface area contributed by atoms with Crippen molar-refractivity contribution in [1.29, 1.82) is 0 Å². The van der Waals surface area contributed by atoms with E-state index < -0.39 is 24.1 Å². The number of likely N-dealkylation sites (tertiary alicyclic amines) is 2. The maximum absolute atomic E-state index is 13.4. The number of aliphatic hydroxyl groups is 1. The van der Waals surface area contributed by atoms with Gasteiger partial charge >= 0.3 is 6.36 Å². The van der Waals surface area contributed by atoms with E-state index in [1.54, 1.807) is 11.0 Å². The predicted octanol–water partition coefficient (Wildman–Crippen LogP) is 4.94. The number of aliphatic hydroxyl groups excluding tert-OH is 1. The Morgan fingerprint density at radius 1 is 1.07 bits per heavy atom. The van der Waals surface area contributed by atoms with Gasteiger partial charge < -0.3 is 25.0 Å². The second kappa shape index (κ2) is 11.4. The monoisotopic (exact) mass is 565 g/mol. The Labute approximate surface area is 229 Å². The molecule has 6 nitrogen and oxygen atoms in total. The Morgan fingerprint density at radius 3 is 2.40 bits per heavy atom. The number of fused-ring (bicyclic) bond motifs is 2. The lowest BCUT2D eigenvalue weighted by molar-refractivity contribution is -0.274. The lowest BCUT2D eigenvalue weighted by Gasteiger charge is -2.41. The first-order valence-electron chi connectivity index (χ1n) is 13.5. The third kappa shape index (κ3) is 6.58. The van der Waals surface area contributed by atoms with E-state index in [2.05, 4.69) is 15.0 Å². The summed E-state index contributed by atoms with van der Waals surface area (Å²) < 4.78 is 69.0. The number of hydrogen-bond acceptors (Lipinski definition) is 5. The fourth-order valence-corrected chi connectivity index (χ4v) is 6.15. The van der Waals surface area contributed by atoms with E-state index in [0.29, 0.717) is 52.1 Å². The number of piperidine rings is 2. The molecule has 0 aromatic heterocycles. The summed E-state index contributed by atoms with van der Waals surface area (Å²) in [5.74, 6) is -1.83. The van der Waals surface area contributed by atoms with E-state index in [4.69, 9.17) is 0 Å². The number of ether oxygens (including phenoxy) is 1. The molecular weight excluding hydrogens is 533 g/mol. The summed E-state index contributed by atoms with van der Waals surface area (Å²) in [5, 5.41) is 14.3. The van der Waals surface area contributed by atoms with Crippen LogP contribution in [0.5, 0.6) is 5.75 Å². The van der Waals surface area contributed by atoms with Gasteiger partial charge in [-0.15, -0.1) is 13.2 Å². The molecule has 2 N–H and O–H groups in total. The zero-order chi connectivity index (χ0) is 28.5. The van der Waals surface area contributed by atoms with Gasteiger partial charge in [0.05, 0.1) is 6.10 Å². The maximum atomic E-state index is 13.4. The highest BCUT2D eigenvalue weighted by molar-refractivity contribution is 5.91. The third-order valence-electron chi connectivity index (χ3n) is 8.37. The molecule has 11 heteroatoms. The van der Waals surface area contributed by atoms with Gasteiger partial charge in [0.1, 0.15) is 17.4 Å². The van der Waals surface area contributed by atoms with Gasteiger partial charge in [0.2, 0.25) is 5.91 Å². The molecule has 1 spiro atoms. The van der Waals surface area contributed by atoms with Crippen molar-refractivity contribution in [3.63, 3.8) is 0 Å². The van der Waals surface area contributed by atoms with Crippen LogP contribution in [0.2, 0.25) is 0 Å². The average Bonchev–Trinajstić information content (AvgIpc) is 3.24. The van der Waals surface area contributed by atoms with Crippen molar-refractivity contribution < 1.29 is 36.6 Å². The number of hydrogen-bond donors (Lipinski definition) is 2. The van der Waals surface area contributed by atoms with E-state index in [9.17, 15) is 31.9 Å². The van der Waals surface area contributed by atoms with Gasteiger partial charge in [-0.1, -0.05) is 0 Å². The standard InChI is InChI=1S/C29H32F5N3O3/c30-21-13-19(14-22(31)15-21)1-4-27(39)37-9-5-20(6-10-37)26(38)17-36-11-7-28(8-12-36)18-35-25-3-2-23(16-24(25)28)40-29(32,33)34/h1-4,13-16,20,26,35,38H,5-12,17-18H2/b4-1+. The van der Waals surface area contributed by atoms with Crippen molar-refractivity contribution in [2.24, 2.45) is 5.92 Å². The first kappa shape index (κ1) is 28.4. The first-order valence-corrected chi connectivity index (χ1v) is 13.5. The van der Waals surface area contributed by atoms with Crippen molar-refractivity contribution in [3.05, 3.63) is 65.2 Å². The molecule has 5 rings (SSSR count). The summed E-state index contributed by atoms with van der Waals surface area (Å²) in [7, 11) is 0. The zero-order valence-corrected chi connectivity index (χ0v) is 21.9.